The Balaban J connectivity index is 2.05. The lowest BCUT2D eigenvalue weighted by Gasteiger charge is -2.13. The number of aryl methyl sites for hydroxylation is 1. The van der Waals surface area contributed by atoms with Crippen LogP contribution in [0.3, 0.4) is 0 Å². The minimum absolute atomic E-state index is 0.0303. The van der Waals surface area contributed by atoms with Gasteiger partial charge < -0.3 is 10.5 Å². The van der Waals surface area contributed by atoms with Crippen molar-refractivity contribution in [2.75, 3.05) is 7.11 Å². The number of ether oxygens (including phenoxy) is 1. The van der Waals surface area contributed by atoms with Crippen molar-refractivity contribution in [3.05, 3.63) is 65.2 Å². The van der Waals surface area contributed by atoms with Crippen LogP contribution in [-0.4, -0.2) is 18.9 Å². The quantitative estimate of drug-likeness (QED) is 0.886. The van der Waals surface area contributed by atoms with Crippen LogP contribution < -0.4 is 10.5 Å². The van der Waals surface area contributed by atoms with Crippen molar-refractivity contribution in [2.45, 2.75) is 25.8 Å². The lowest BCUT2D eigenvalue weighted by molar-refractivity contribution is -0.119. The second-order valence-electron chi connectivity index (χ2n) is 5.25. The van der Waals surface area contributed by atoms with Gasteiger partial charge in [-0.05, 0) is 25.0 Å². The Labute approximate surface area is 125 Å². The molecule has 2 N–H and O–H groups in total. The van der Waals surface area contributed by atoms with Crippen LogP contribution in [0, 0.1) is 6.92 Å². The first-order valence-electron chi connectivity index (χ1n) is 7.06. The predicted molar refractivity (Wildman–Crippen MR) is 84.6 cm³/mol. The van der Waals surface area contributed by atoms with Gasteiger partial charge in [0.2, 0.25) is 0 Å². The average Bonchev–Trinajstić information content (AvgIpc) is 2.48. The van der Waals surface area contributed by atoms with Gasteiger partial charge >= 0.3 is 0 Å². The zero-order valence-corrected chi connectivity index (χ0v) is 12.5. The topological polar surface area (TPSA) is 52.3 Å². The molecule has 1 unspecified atom stereocenters. The van der Waals surface area contributed by atoms with Crippen molar-refractivity contribution in [1.82, 2.24) is 0 Å². The summed E-state index contributed by atoms with van der Waals surface area (Å²) in [6.45, 7) is 2.00. The van der Waals surface area contributed by atoms with E-state index in [0.717, 1.165) is 22.4 Å². The molecule has 0 fully saturated rings. The average molecular weight is 283 g/mol. The van der Waals surface area contributed by atoms with E-state index < -0.39 is 6.04 Å². The van der Waals surface area contributed by atoms with E-state index in [-0.39, 0.29) is 5.78 Å². The highest BCUT2D eigenvalue weighted by Crippen LogP contribution is 2.21. The molecule has 0 amide bonds. The smallest absolute Gasteiger partial charge is 0.154 e. The number of nitrogens with two attached hydrogens (primary N) is 1. The summed E-state index contributed by atoms with van der Waals surface area (Å²) in [7, 11) is 1.61. The van der Waals surface area contributed by atoms with E-state index in [9.17, 15) is 4.79 Å². The first kappa shape index (κ1) is 15.3. The third-order valence-electron chi connectivity index (χ3n) is 3.51. The molecule has 2 rings (SSSR count). The minimum Gasteiger partial charge on any atom is -0.496 e. The van der Waals surface area contributed by atoms with Gasteiger partial charge in [0.05, 0.1) is 13.2 Å². The number of carbonyl (C=O) groups is 1. The van der Waals surface area contributed by atoms with Crippen LogP contribution in [-0.2, 0) is 17.6 Å². The van der Waals surface area contributed by atoms with Gasteiger partial charge in [-0.15, -0.1) is 0 Å². The summed E-state index contributed by atoms with van der Waals surface area (Å²) in [5.41, 5.74) is 9.12. The molecule has 2 aromatic rings. The molecule has 0 saturated heterocycles. The molecule has 3 heteroatoms. The number of carbonyl (C=O) groups excluding carboxylic acids is 1. The van der Waals surface area contributed by atoms with E-state index >= 15 is 0 Å². The van der Waals surface area contributed by atoms with Crippen molar-refractivity contribution >= 4 is 5.78 Å². The van der Waals surface area contributed by atoms with Crippen LogP contribution >= 0.6 is 0 Å². The number of hydrogen-bond donors (Lipinski definition) is 1. The molecule has 0 bridgehead atoms. The first-order chi connectivity index (χ1) is 10.1. The highest BCUT2D eigenvalue weighted by Gasteiger charge is 2.16. The summed E-state index contributed by atoms with van der Waals surface area (Å²) in [4.78, 5) is 12.3. The van der Waals surface area contributed by atoms with Crippen molar-refractivity contribution in [3.8, 4) is 5.75 Å². The molecule has 0 radical (unpaired) electrons. The zero-order chi connectivity index (χ0) is 15.2. The summed E-state index contributed by atoms with van der Waals surface area (Å²) < 4.78 is 5.31. The molecule has 3 nitrogen and oxygen atoms in total. The van der Waals surface area contributed by atoms with Crippen LogP contribution in [0.2, 0.25) is 0 Å². The Kier molecular flexibility index (Phi) is 5.12. The molecular formula is C18H21NO2. The molecule has 0 aliphatic rings. The zero-order valence-electron chi connectivity index (χ0n) is 12.5. The summed E-state index contributed by atoms with van der Waals surface area (Å²) >= 11 is 0. The Bertz CT molecular complexity index is 608. The Morgan fingerprint density at radius 2 is 1.90 bits per heavy atom. The van der Waals surface area contributed by atoms with Gasteiger partial charge in [0.15, 0.2) is 5.78 Å². The van der Waals surface area contributed by atoms with E-state index in [1.54, 1.807) is 7.11 Å². The highest BCUT2D eigenvalue weighted by molar-refractivity contribution is 5.86. The number of methoxy groups -OCH3 is 1. The second kappa shape index (κ2) is 7.04. The van der Waals surface area contributed by atoms with Crippen molar-refractivity contribution in [3.63, 3.8) is 0 Å². The summed E-state index contributed by atoms with van der Waals surface area (Å²) in [6, 6.07) is 15.2. The molecule has 0 spiro atoms. The van der Waals surface area contributed by atoms with Gasteiger partial charge in [0, 0.05) is 12.0 Å². The Morgan fingerprint density at radius 3 is 2.57 bits per heavy atom. The summed E-state index contributed by atoms with van der Waals surface area (Å²) in [6.07, 6.45) is 0.868. The van der Waals surface area contributed by atoms with Gasteiger partial charge in [-0.25, -0.2) is 0 Å². The maximum Gasteiger partial charge on any atom is 0.154 e. The number of ketones is 1. The van der Waals surface area contributed by atoms with Crippen LogP contribution in [0.1, 0.15) is 16.7 Å². The molecular weight excluding hydrogens is 262 g/mol. The summed E-state index contributed by atoms with van der Waals surface area (Å²) in [5, 5.41) is 0. The van der Waals surface area contributed by atoms with E-state index in [2.05, 4.69) is 0 Å². The number of Topliss-reactive ketones (excluding diaryl/α,β-unsaturated/α-hetero) is 1. The predicted octanol–water partition coefficient (Wildman–Crippen LogP) is 2.69. The van der Waals surface area contributed by atoms with Gasteiger partial charge in [-0.2, -0.15) is 0 Å². The van der Waals surface area contributed by atoms with Crippen LogP contribution in [0.25, 0.3) is 0 Å². The fraction of sp³-hybridized carbons (Fsp3) is 0.278. The minimum atomic E-state index is -0.488. The van der Waals surface area contributed by atoms with E-state index in [0.29, 0.717) is 12.8 Å². The normalized spacial score (nSPS) is 12.0. The molecule has 110 valence electrons. The molecule has 0 saturated carbocycles. The fourth-order valence-electron chi connectivity index (χ4n) is 2.35. The van der Waals surface area contributed by atoms with Gasteiger partial charge in [-0.1, -0.05) is 48.0 Å². The first-order valence-corrected chi connectivity index (χ1v) is 7.06. The maximum absolute atomic E-state index is 12.3. The summed E-state index contributed by atoms with van der Waals surface area (Å²) in [5.74, 6) is 0.767. The van der Waals surface area contributed by atoms with E-state index in [1.807, 2.05) is 55.5 Å². The van der Waals surface area contributed by atoms with Crippen molar-refractivity contribution in [2.24, 2.45) is 5.73 Å². The third kappa shape index (κ3) is 4.17. The van der Waals surface area contributed by atoms with Crippen molar-refractivity contribution in [1.29, 1.82) is 0 Å². The monoisotopic (exact) mass is 283 g/mol. The molecule has 0 aliphatic heterocycles. The van der Waals surface area contributed by atoms with E-state index in [4.69, 9.17) is 10.5 Å². The van der Waals surface area contributed by atoms with Crippen molar-refractivity contribution < 1.29 is 9.53 Å². The van der Waals surface area contributed by atoms with Crippen LogP contribution in [0.5, 0.6) is 5.75 Å². The molecule has 0 aromatic heterocycles. The standard InChI is InChI=1S/C18H21NO2/c1-13-8-9-18(21-2)15(10-13)12-17(20)16(19)11-14-6-4-3-5-7-14/h3-10,16H,11-12,19H2,1-2H3. The second-order valence-corrected chi connectivity index (χ2v) is 5.25. The largest absolute Gasteiger partial charge is 0.496 e. The molecule has 1 atom stereocenters. The number of benzene rings is 2. The van der Waals surface area contributed by atoms with Gasteiger partial charge in [-0.3, -0.25) is 4.79 Å². The highest BCUT2D eigenvalue weighted by atomic mass is 16.5. The van der Waals surface area contributed by atoms with E-state index in [1.165, 1.54) is 0 Å². The lowest BCUT2D eigenvalue weighted by atomic mass is 9.97. The number of rotatable bonds is 6. The Morgan fingerprint density at radius 1 is 1.19 bits per heavy atom. The fourth-order valence-corrected chi connectivity index (χ4v) is 2.35. The lowest BCUT2D eigenvalue weighted by Crippen LogP contribution is -2.34. The molecule has 21 heavy (non-hydrogen) atoms. The van der Waals surface area contributed by atoms with Gasteiger partial charge in [0.1, 0.15) is 5.75 Å². The maximum atomic E-state index is 12.3. The van der Waals surface area contributed by atoms with Crippen LogP contribution in [0.15, 0.2) is 48.5 Å². The molecule has 0 heterocycles. The molecule has 2 aromatic carbocycles. The van der Waals surface area contributed by atoms with Crippen LogP contribution in [0.4, 0.5) is 0 Å². The molecule has 0 aliphatic carbocycles. The SMILES string of the molecule is COc1ccc(C)cc1CC(=O)C(N)Cc1ccccc1. The number of hydrogen-bond acceptors (Lipinski definition) is 3. The Hall–Kier alpha value is -2.13. The third-order valence-corrected chi connectivity index (χ3v) is 3.51. The van der Waals surface area contributed by atoms with Gasteiger partial charge in [0.25, 0.3) is 0 Å².